The maximum atomic E-state index is 12.8. The maximum Gasteiger partial charge on any atom is 0.257 e. The monoisotopic (exact) mass is 331 g/mol. The van der Waals surface area contributed by atoms with Gasteiger partial charge in [0.25, 0.3) is 5.91 Å². The molecule has 2 aromatic rings. The first-order valence-electron chi connectivity index (χ1n) is 7.92. The maximum absolute atomic E-state index is 12.8. The van der Waals surface area contributed by atoms with Crippen molar-refractivity contribution >= 4 is 5.91 Å². The molecule has 0 spiro atoms. The molecular formula is C18H25N3O3. The number of para-hydroxylation sites is 1. The van der Waals surface area contributed by atoms with Gasteiger partial charge in [-0.25, -0.2) is 4.68 Å². The standard InChI is InChI=1S/C18H25N3O3/c1-13-16(17(24)20(4)10-18(3,11-22)12-23)14(2)21(19-13)15-8-6-5-7-9-15/h5-9,22-23H,10-12H2,1-4H3. The Balaban J connectivity index is 2.32. The van der Waals surface area contributed by atoms with Gasteiger partial charge in [0.1, 0.15) is 0 Å². The van der Waals surface area contributed by atoms with Gasteiger partial charge in [0.05, 0.1) is 35.9 Å². The number of nitrogens with zero attached hydrogens (tertiary/aromatic N) is 3. The van der Waals surface area contributed by atoms with Crippen LogP contribution in [0.3, 0.4) is 0 Å². The number of hydrogen-bond acceptors (Lipinski definition) is 4. The van der Waals surface area contributed by atoms with E-state index in [0.29, 0.717) is 11.3 Å². The van der Waals surface area contributed by atoms with E-state index in [-0.39, 0.29) is 25.7 Å². The third kappa shape index (κ3) is 3.49. The van der Waals surface area contributed by atoms with Crippen molar-refractivity contribution in [2.24, 2.45) is 5.41 Å². The predicted molar refractivity (Wildman–Crippen MR) is 92.3 cm³/mol. The minimum Gasteiger partial charge on any atom is -0.396 e. The fourth-order valence-electron chi connectivity index (χ4n) is 2.76. The largest absolute Gasteiger partial charge is 0.396 e. The molecule has 0 fully saturated rings. The van der Waals surface area contributed by atoms with Crippen LogP contribution in [-0.4, -0.2) is 57.6 Å². The van der Waals surface area contributed by atoms with Crippen LogP contribution in [-0.2, 0) is 0 Å². The molecule has 2 N–H and O–H groups in total. The van der Waals surface area contributed by atoms with Gasteiger partial charge in [-0.2, -0.15) is 5.10 Å². The zero-order valence-electron chi connectivity index (χ0n) is 14.7. The molecule has 1 aromatic heterocycles. The van der Waals surface area contributed by atoms with Crippen molar-refractivity contribution in [3.8, 4) is 5.69 Å². The summed E-state index contributed by atoms with van der Waals surface area (Å²) in [5.41, 5.74) is 2.14. The van der Waals surface area contributed by atoms with E-state index in [2.05, 4.69) is 5.10 Å². The second kappa shape index (κ2) is 7.15. The number of amides is 1. The van der Waals surface area contributed by atoms with Crippen LogP contribution in [0.2, 0.25) is 0 Å². The molecule has 0 aliphatic carbocycles. The summed E-state index contributed by atoms with van der Waals surface area (Å²) in [5, 5.41) is 23.4. The molecule has 1 heterocycles. The summed E-state index contributed by atoms with van der Waals surface area (Å²) in [6.07, 6.45) is 0. The van der Waals surface area contributed by atoms with Crippen LogP contribution in [0, 0.1) is 19.3 Å². The minimum atomic E-state index is -0.734. The van der Waals surface area contributed by atoms with Crippen molar-refractivity contribution in [2.45, 2.75) is 20.8 Å². The number of aliphatic hydroxyl groups is 2. The first-order chi connectivity index (χ1) is 11.3. The van der Waals surface area contributed by atoms with Crippen LogP contribution < -0.4 is 0 Å². The lowest BCUT2D eigenvalue weighted by molar-refractivity contribution is 0.0365. The van der Waals surface area contributed by atoms with Crippen molar-refractivity contribution in [3.63, 3.8) is 0 Å². The molecule has 6 heteroatoms. The zero-order chi connectivity index (χ0) is 17.9. The van der Waals surface area contributed by atoms with Crippen LogP contribution in [0.25, 0.3) is 5.69 Å². The molecule has 1 amide bonds. The lowest BCUT2D eigenvalue weighted by atomic mass is 9.92. The highest BCUT2D eigenvalue weighted by Gasteiger charge is 2.29. The molecule has 6 nitrogen and oxygen atoms in total. The molecule has 0 saturated carbocycles. The number of aryl methyl sites for hydroxylation is 1. The number of hydrogen-bond donors (Lipinski definition) is 2. The Morgan fingerprint density at radius 2 is 1.79 bits per heavy atom. The average Bonchev–Trinajstić information content (AvgIpc) is 2.89. The van der Waals surface area contributed by atoms with E-state index in [0.717, 1.165) is 11.4 Å². The molecule has 130 valence electrons. The van der Waals surface area contributed by atoms with Crippen LogP contribution in [0.4, 0.5) is 0 Å². The Kier molecular flexibility index (Phi) is 5.41. The summed E-state index contributed by atoms with van der Waals surface area (Å²) in [5.74, 6) is -0.166. The SMILES string of the molecule is Cc1nn(-c2ccccc2)c(C)c1C(=O)N(C)CC(C)(CO)CO. The van der Waals surface area contributed by atoms with Crippen LogP contribution in [0.5, 0.6) is 0 Å². The average molecular weight is 331 g/mol. The Bertz CT molecular complexity index is 706. The van der Waals surface area contributed by atoms with E-state index < -0.39 is 5.41 Å². The molecule has 0 atom stereocenters. The first kappa shape index (κ1) is 18.2. The normalized spacial score (nSPS) is 11.6. The van der Waals surface area contributed by atoms with Gasteiger partial charge >= 0.3 is 0 Å². The van der Waals surface area contributed by atoms with Crippen molar-refractivity contribution in [1.29, 1.82) is 0 Å². The second-order valence-electron chi connectivity index (χ2n) is 6.58. The summed E-state index contributed by atoms with van der Waals surface area (Å²) in [7, 11) is 1.67. The summed E-state index contributed by atoms with van der Waals surface area (Å²) in [6, 6.07) is 9.65. The van der Waals surface area contributed by atoms with Crippen molar-refractivity contribution in [1.82, 2.24) is 14.7 Å². The van der Waals surface area contributed by atoms with Gasteiger partial charge in [0, 0.05) is 19.0 Å². The third-order valence-electron chi connectivity index (χ3n) is 4.23. The Morgan fingerprint density at radius 3 is 2.33 bits per heavy atom. The summed E-state index contributed by atoms with van der Waals surface area (Å²) in [6.45, 7) is 5.29. The van der Waals surface area contributed by atoms with Crippen LogP contribution in [0.15, 0.2) is 30.3 Å². The summed E-state index contributed by atoms with van der Waals surface area (Å²) < 4.78 is 1.76. The molecular weight excluding hydrogens is 306 g/mol. The van der Waals surface area contributed by atoms with Crippen molar-refractivity contribution in [2.75, 3.05) is 26.8 Å². The molecule has 24 heavy (non-hydrogen) atoms. The lowest BCUT2D eigenvalue weighted by Gasteiger charge is -2.30. The predicted octanol–water partition coefficient (Wildman–Crippen LogP) is 1.55. The van der Waals surface area contributed by atoms with E-state index >= 15 is 0 Å². The lowest BCUT2D eigenvalue weighted by Crippen LogP contribution is -2.41. The summed E-state index contributed by atoms with van der Waals surface area (Å²) in [4.78, 5) is 14.4. The molecule has 0 unspecified atom stereocenters. The van der Waals surface area contributed by atoms with E-state index in [1.807, 2.05) is 44.2 Å². The van der Waals surface area contributed by atoms with E-state index in [1.165, 1.54) is 4.90 Å². The van der Waals surface area contributed by atoms with Crippen LogP contribution in [0.1, 0.15) is 28.7 Å². The number of carbonyl (C=O) groups excluding carboxylic acids is 1. The van der Waals surface area contributed by atoms with Gasteiger partial charge in [-0.3, -0.25) is 4.79 Å². The smallest absolute Gasteiger partial charge is 0.257 e. The second-order valence-corrected chi connectivity index (χ2v) is 6.58. The highest BCUT2D eigenvalue weighted by Crippen LogP contribution is 2.22. The van der Waals surface area contributed by atoms with Gasteiger partial charge in [-0.1, -0.05) is 25.1 Å². The molecule has 1 aromatic carbocycles. The number of rotatable bonds is 6. The van der Waals surface area contributed by atoms with Gasteiger partial charge in [0.2, 0.25) is 0 Å². The third-order valence-corrected chi connectivity index (χ3v) is 4.23. The molecule has 0 radical (unpaired) electrons. The minimum absolute atomic E-state index is 0.166. The number of carbonyl (C=O) groups is 1. The molecule has 0 aliphatic heterocycles. The van der Waals surface area contributed by atoms with Crippen molar-refractivity contribution < 1.29 is 15.0 Å². The number of aromatic nitrogens is 2. The highest BCUT2D eigenvalue weighted by molar-refractivity contribution is 5.96. The zero-order valence-corrected chi connectivity index (χ0v) is 14.7. The molecule has 2 rings (SSSR count). The topological polar surface area (TPSA) is 78.6 Å². The van der Waals surface area contributed by atoms with Gasteiger partial charge in [-0.05, 0) is 26.0 Å². The van der Waals surface area contributed by atoms with E-state index in [1.54, 1.807) is 18.7 Å². The fourth-order valence-corrected chi connectivity index (χ4v) is 2.76. The number of aliphatic hydroxyl groups excluding tert-OH is 2. The van der Waals surface area contributed by atoms with Gasteiger partial charge < -0.3 is 15.1 Å². The highest BCUT2D eigenvalue weighted by atomic mass is 16.3. The molecule has 0 aliphatic rings. The fraction of sp³-hybridized carbons (Fsp3) is 0.444. The first-order valence-corrected chi connectivity index (χ1v) is 7.92. The van der Waals surface area contributed by atoms with Gasteiger partial charge in [0.15, 0.2) is 0 Å². The Labute approximate surface area is 142 Å². The van der Waals surface area contributed by atoms with Crippen LogP contribution >= 0.6 is 0 Å². The molecule has 0 saturated heterocycles. The van der Waals surface area contributed by atoms with Crippen molar-refractivity contribution in [3.05, 3.63) is 47.3 Å². The Hall–Kier alpha value is -2.18. The number of benzene rings is 1. The molecule has 0 bridgehead atoms. The van der Waals surface area contributed by atoms with Gasteiger partial charge in [-0.15, -0.1) is 0 Å². The quantitative estimate of drug-likeness (QED) is 0.842. The van der Waals surface area contributed by atoms with E-state index in [4.69, 9.17) is 0 Å². The Morgan fingerprint density at radius 1 is 1.21 bits per heavy atom. The van der Waals surface area contributed by atoms with E-state index in [9.17, 15) is 15.0 Å². The summed E-state index contributed by atoms with van der Waals surface area (Å²) >= 11 is 0.